The van der Waals surface area contributed by atoms with Crippen molar-refractivity contribution in [2.45, 2.75) is 33.7 Å². The van der Waals surface area contributed by atoms with Crippen LogP contribution in [0.5, 0.6) is 0 Å². The first kappa shape index (κ1) is 23.4. The van der Waals surface area contributed by atoms with Crippen LogP contribution in [0.2, 0.25) is 5.02 Å². The number of halogens is 1. The minimum Gasteiger partial charge on any atom is -0.340 e. The lowest BCUT2D eigenvalue weighted by Crippen LogP contribution is -2.51. The van der Waals surface area contributed by atoms with Gasteiger partial charge >= 0.3 is 0 Å². The van der Waals surface area contributed by atoms with E-state index in [-0.39, 0.29) is 24.3 Å². The summed E-state index contributed by atoms with van der Waals surface area (Å²) in [5.74, 6) is -1.25. The summed E-state index contributed by atoms with van der Waals surface area (Å²) in [5.41, 5.74) is 3.06. The molecule has 2 aromatic rings. The molecule has 2 N–H and O–H groups in total. The van der Waals surface area contributed by atoms with E-state index in [2.05, 4.69) is 10.6 Å². The van der Waals surface area contributed by atoms with Crippen LogP contribution >= 0.6 is 11.6 Å². The molecule has 30 heavy (non-hydrogen) atoms. The Balaban J connectivity index is 2.05. The molecule has 0 aromatic heterocycles. The Bertz CT molecular complexity index is 943. The van der Waals surface area contributed by atoms with Crippen LogP contribution in [0, 0.1) is 19.8 Å². The third-order valence-electron chi connectivity index (χ3n) is 4.97. The van der Waals surface area contributed by atoms with Gasteiger partial charge in [0.1, 0.15) is 6.04 Å². The van der Waals surface area contributed by atoms with Crippen molar-refractivity contribution in [3.8, 4) is 0 Å². The van der Waals surface area contributed by atoms with E-state index in [1.807, 2.05) is 45.9 Å². The molecule has 1 unspecified atom stereocenters. The Labute approximate surface area is 182 Å². The van der Waals surface area contributed by atoms with Gasteiger partial charge in [0.05, 0.1) is 17.1 Å². The Morgan fingerprint density at radius 3 is 2.33 bits per heavy atom. The van der Waals surface area contributed by atoms with Gasteiger partial charge in [-0.3, -0.25) is 14.4 Å². The number of amides is 3. The molecule has 7 heteroatoms. The first-order chi connectivity index (χ1) is 14.1. The fourth-order valence-electron chi connectivity index (χ4n) is 2.98. The molecule has 0 bridgehead atoms. The summed E-state index contributed by atoms with van der Waals surface area (Å²) in [6.07, 6.45) is 0. The zero-order valence-corrected chi connectivity index (χ0v) is 18.7. The predicted molar refractivity (Wildman–Crippen MR) is 120 cm³/mol. The Morgan fingerprint density at radius 1 is 1.03 bits per heavy atom. The SMILES string of the molecule is Cc1cccc(NC(=O)CN(C)C(=O)C(NC(=O)c2ccccc2Cl)C(C)C)c1C. The molecule has 0 aliphatic heterocycles. The molecule has 2 aromatic carbocycles. The lowest BCUT2D eigenvalue weighted by molar-refractivity contribution is -0.135. The molecule has 3 amide bonds. The number of carbonyl (C=O) groups excluding carboxylic acids is 3. The quantitative estimate of drug-likeness (QED) is 0.702. The van der Waals surface area contributed by atoms with Crippen molar-refractivity contribution in [1.29, 1.82) is 0 Å². The van der Waals surface area contributed by atoms with Gasteiger partial charge in [0, 0.05) is 12.7 Å². The molecule has 0 aliphatic rings. The molecule has 160 valence electrons. The summed E-state index contributed by atoms with van der Waals surface area (Å²) in [7, 11) is 1.54. The third kappa shape index (κ3) is 5.83. The molecule has 0 saturated carbocycles. The van der Waals surface area contributed by atoms with Gasteiger partial charge in [-0.05, 0) is 49.1 Å². The Morgan fingerprint density at radius 2 is 1.70 bits per heavy atom. The number of benzene rings is 2. The maximum atomic E-state index is 12.9. The van der Waals surface area contributed by atoms with E-state index in [0.29, 0.717) is 16.3 Å². The monoisotopic (exact) mass is 429 g/mol. The normalized spacial score (nSPS) is 11.7. The van der Waals surface area contributed by atoms with Gasteiger partial charge in [-0.25, -0.2) is 0 Å². The van der Waals surface area contributed by atoms with Crippen LogP contribution in [0.25, 0.3) is 0 Å². The van der Waals surface area contributed by atoms with Gasteiger partial charge in [0.15, 0.2) is 0 Å². The van der Waals surface area contributed by atoms with E-state index < -0.39 is 11.9 Å². The van der Waals surface area contributed by atoms with Gasteiger partial charge in [0.2, 0.25) is 11.8 Å². The first-order valence-corrected chi connectivity index (χ1v) is 10.2. The highest BCUT2D eigenvalue weighted by atomic mass is 35.5. The summed E-state index contributed by atoms with van der Waals surface area (Å²) < 4.78 is 0. The number of hydrogen-bond acceptors (Lipinski definition) is 3. The first-order valence-electron chi connectivity index (χ1n) is 9.78. The minimum atomic E-state index is -0.785. The highest BCUT2D eigenvalue weighted by Crippen LogP contribution is 2.18. The minimum absolute atomic E-state index is 0.128. The number of carbonyl (C=O) groups is 3. The third-order valence-corrected chi connectivity index (χ3v) is 5.30. The number of rotatable bonds is 7. The molecule has 1 atom stereocenters. The van der Waals surface area contributed by atoms with E-state index in [1.54, 1.807) is 31.3 Å². The number of hydrogen-bond donors (Lipinski definition) is 2. The number of likely N-dealkylation sites (N-methyl/N-ethyl adjacent to an activating group) is 1. The van der Waals surface area contributed by atoms with Crippen LogP contribution in [-0.4, -0.2) is 42.3 Å². The molecule has 2 rings (SSSR count). The highest BCUT2D eigenvalue weighted by molar-refractivity contribution is 6.33. The molecule has 0 fully saturated rings. The standard InChI is InChI=1S/C23H28ClN3O3/c1-14(2)21(26-22(29)17-10-6-7-11-18(17)24)23(30)27(5)13-20(28)25-19-12-8-9-15(3)16(19)4/h6-12,14,21H,13H2,1-5H3,(H,25,28)(H,26,29). The molecular weight excluding hydrogens is 402 g/mol. The van der Waals surface area contributed by atoms with E-state index in [0.717, 1.165) is 11.1 Å². The molecule has 0 radical (unpaired) electrons. The van der Waals surface area contributed by atoms with Crippen molar-refractivity contribution < 1.29 is 14.4 Å². The lowest BCUT2D eigenvalue weighted by Gasteiger charge is -2.27. The van der Waals surface area contributed by atoms with Crippen molar-refractivity contribution in [3.05, 3.63) is 64.2 Å². The van der Waals surface area contributed by atoms with Crippen molar-refractivity contribution in [3.63, 3.8) is 0 Å². The molecule has 0 saturated heterocycles. The smallest absolute Gasteiger partial charge is 0.253 e. The molecular formula is C23H28ClN3O3. The number of anilines is 1. The second-order valence-electron chi connectivity index (χ2n) is 7.66. The zero-order chi connectivity index (χ0) is 22.4. The number of aryl methyl sites for hydroxylation is 1. The van der Waals surface area contributed by atoms with Gasteiger partial charge in [0.25, 0.3) is 5.91 Å². The molecule has 0 aliphatic carbocycles. The van der Waals surface area contributed by atoms with Crippen LogP contribution < -0.4 is 10.6 Å². The van der Waals surface area contributed by atoms with Crippen molar-refractivity contribution >= 4 is 35.0 Å². The van der Waals surface area contributed by atoms with E-state index in [9.17, 15) is 14.4 Å². The van der Waals surface area contributed by atoms with Crippen molar-refractivity contribution in [2.75, 3.05) is 18.9 Å². The summed E-state index contributed by atoms with van der Waals surface area (Å²) in [6.45, 7) is 7.44. The van der Waals surface area contributed by atoms with Gasteiger partial charge in [-0.2, -0.15) is 0 Å². The fraction of sp³-hybridized carbons (Fsp3) is 0.348. The maximum Gasteiger partial charge on any atom is 0.253 e. The predicted octanol–water partition coefficient (Wildman–Crippen LogP) is 3.81. The van der Waals surface area contributed by atoms with Crippen LogP contribution in [0.15, 0.2) is 42.5 Å². The van der Waals surface area contributed by atoms with Gasteiger partial charge in [-0.15, -0.1) is 0 Å². The molecule has 0 spiro atoms. The fourth-order valence-corrected chi connectivity index (χ4v) is 3.21. The van der Waals surface area contributed by atoms with Crippen LogP contribution in [0.3, 0.4) is 0 Å². The summed E-state index contributed by atoms with van der Waals surface area (Å²) in [4.78, 5) is 39.3. The van der Waals surface area contributed by atoms with Crippen molar-refractivity contribution in [2.24, 2.45) is 5.92 Å². The summed E-state index contributed by atoms with van der Waals surface area (Å²) in [6, 6.07) is 11.5. The highest BCUT2D eigenvalue weighted by Gasteiger charge is 2.28. The average Bonchev–Trinajstić information content (AvgIpc) is 2.69. The second-order valence-corrected chi connectivity index (χ2v) is 8.07. The molecule has 0 heterocycles. The van der Waals surface area contributed by atoms with E-state index in [4.69, 9.17) is 11.6 Å². The van der Waals surface area contributed by atoms with Crippen LogP contribution in [0.4, 0.5) is 5.69 Å². The maximum absolute atomic E-state index is 12.9. The summed E-state index contributed by atoms with van der Waals surface area (Å²) in [5, 5.41) is 5.90. The van der Waals surface area contributed by atoms with Crippen molar-refractivity contribution in [1.82, 2.24) is 10.2 Å². The van der Waals surface area contributed by atoms with Crippen LogP contribution in [0.1, 0.15) is 35.3 Å². The largest absolute Gasteiger partial charge is 0.340 e. The second kappa shape index (κ2) is 10.3. The Kier molecular flexibility index (Phi) is 8.00. The summed E-state index contributed by atoms with van der Waals surface area (Å²) >= 11 is 6.08. The van der Waals surface area contributed by atoms with Crippen LogP contribution in [-0.2, 0) is 9.59 Å². The van der Waals surface area contributed by atoms with Gasteiger partial charge in [-0.1, -0.05) is 49.7 Å². The van der Waals surface area contributed by atoms with E-state index in [1.165, 1.54) is 4.90 Å². The topological polar surface area (TPSA) is 78.5 Å². The van der Waals surface area contributed by atoms with E-state index >= 15 is 0 Å². The molecule has 6 nitrogen and oxygen atoms in total. The lowest BCUT2D eigenvalue weighted by atomic mass is 10.0. The average molecular weight is 430 g/mol. The zero-order valence-electron chi connectivity index (χ0n) is 18.0. The number of nitrogens with zero attached hydrogens (tertiary/aromatic N) is 1. The Hall–Kier alpha value is -2.86. The van der Waals surface area contributed by atoms with Gasteiger partial charge < -0.3 is 15.5 Å². The number of nitrogens with one attached hydrogen (secondary N) is 2.